The molecule has 2 aromatic carbocycles. The van der Waals surface area contributed by atoms with Gasteiger partial charge >= 0.3 is 6.18 Å². The molecule has 2 N–H and O–H groups in total. The molecule has 0 spiro atoms. The average Bonchev–Trinajstić information content (AvgIpc) is 2.78. The van der Waals surface area contributed by atoms with Gasteiger partial charge in [-0.1, -0.05) is 24.3 Å². The molecular weight excluding hydrogens is 313 g/mol. The second-order valence-corrected chi connectivity index (χ2v) is 5.06. The molecular formula is C16H16ClF3N2. The SMILES string of the molecule is CCn1c2ccccc2c2cc([C@H](N)C(F)(F)F)ccc21.Cl. The van der Waals surface area contributed by atoms with Crippen molar-refractivity contribution in [1.29, 1.82) is 0 Å². The molecule has 0 amide bonds. The summed E-state index contributed by atoms with van der Waals surface area (Å²) in [6, 6.07) is 10.5. The van der Waals surface area contributed by atoms with Crippen LogP contribution in [0.2, 0.25) is 0 Å². The minimum Gasteiger partial charge on any atom is -0.341 e. The molecule has 0 radical (unpaired) electrons. The highest BCUT2D eigenvalue weighted by Crippen LogP contribution is 2.35. The number of nitrogens with two attached hydrogens (primary N) is 1. The lowest BCUT2D eigenvalue weighted by Crippen LogP contribution is -2.28. The number of rotatable bonds is 2. The van der Waals surface area contributed by atoms with Crippen LogP contribution in [0.3, 0.4) is 0 Å². The summed E-state index contributed by atoms with van der Waals surface area (Å²) in [4.78, 5) is 0. The van der Waals surface area contributed by atoms with E-state index in [1.165, 1.54) is 6.07 Å². The fourth-order valence-corrected chi connectivity index (χ4v) is 2.79. The molecule has 0 aliphatic carbocycles. The summed E-state index contributed by atoms with van der Waals surface area (Å²) in [6.45, 7) is 2.77. The summed E-state index contributed by atoms with van der Waals surface area (Å²) in [5.74, 6) is 0. The third-order valence-electron chi connectivity index (χ3n) is 3.82. The van der Waals surface area contributed by atoms with Crippen LogP contribution < -0.4 is 5.73 Å². The van der Waals surface area contributed by atoms with Gasteiger partial charge in [0, 0.05) is 28.4 Å². The van der Waals surface area contributed by atoms with Crippen molar-refractivity contribution in [2.24, 2.45) is 5.73 Å². The second-order valence-electron chi connectivity index (χ2n) is 5.06. The normalized spacial score (nSPS) is 13.3. The summed E-state index contributed by atoms with van der Waals surface area (Å²) in [7, 11) is 0. The van der Waals surface area contributed by atoms with Gasteiger partial charge in [0.1, 0.15) is 6.04 Å². The Morgan fingerprint density at radius 2 is 1.68 bits per heavy atom. The zero-order valence-corrected chi connectivity index (χ0v) is 12.7. The Morgan fingerprint density at radius 1 is 1.05 bits per heavy atom. The zero-order chi connectivity index (χ0) is 15.2. The van der Waals surface area contributed by atoms with E-state index in [2.05, 4.69) is 4.57 Å². The highest BCUT2D eigenvalue weighted by Gasteiger charge is 2.37. The van der Waals surface area contributed by atoms with Crippen molar-refractivity contribution in [2.75, 3.05) is 0 Å². The number of hydrogen-bond donors (Lipinski definition) is 1. The Kier molecular flexibility index (Phi) is 4.40. The summed E-state index contributed by atoms with van der Waals surface area (Å²) < 4.78 is 40.5. The minimum absolute atomic E-state index is 0. The number of para-hydroxylation sites is 1. The van der Waals surface area contributed by atoms with E-state index in [9.17, 15) is 13.2 Å². The third kappa shape index (κ3) is 2.55. The van der Waals surface area contributed by atoms with E-state index in [1.807, 2.05) is 31.2 Å². The standard InChI is InChI=1S/C16H15F3N2.ClH/c1-2-21-13-6-4-3-5-11(13)12-9-10(7-8-14(12)21)15(20)16(17,18)19;/h3-9,15H,2,20H2,1H3;1H/t15-;/m0./s1. The number of hydrogen-bond acceptors (Lipinski definition) is 1. The quantitative estimate of drug-likeness (QED) is 0.720. The number of aromatic nitrogens is 1. The molecule has 1 heterocycles. The number of nitrogens with zero attached hydrogens (tertiary/aromatic N) is 1. The first-order valence-corrected chi connectivity index (χ1v) is 6.76. The Hall–Kier alpha value is -1.72. The van der Waals surface area contributed by atoms with E-state index in [0.717, 1.165) is 28.4 Å². The van der Waals surface area contributed by atoms with E-state index in [4.69, 9.17) is 5.73 Å². The number of fused-ring (bicyclic) bond motifs is 3. The van der Waals surface area contributed by atoms with Gasteiger partial charge in [-0.15, -0.1) is 12.4 Å². The third-order valence-corrected chi connectivity index (χ3v) is 3.82. The van der Waals surface area contributed by atoms with E-state index in [1.54, 1.807) is 12.1 Å². The lowest BCUT2D eigenvalue weighted by Gasteiger charge is -2.16. The lowest BCUT2D eigenvalue weighted by molar-refractivity contribution is -0.149. The first-order chi connectivity index (χ1) is 9.93. The van der Waals surface area contributed by atoms with Crippen molar-refractivity contribution in [2.45, 2.75) is 25.7 Å². The summed E-state index contributed by atoms with van der Waals surface area (Å²) in [5, 5.41) is 1.76. The number of benzene rings is 2. The summed E-state index contributed by atoms with van der Waals surface area (Å²) in [6.07, 6.45) is -4.43. The van der Waals surface area contributed by atoms with Crippen LogP contribution in [0.25, 0.3) is 21.8 Å². The molecule has 0 aliphatic heterocycles. The molecule has 3 aromatic rings. The minimum atomic E-state index is -4.43. The van der Waals surface area contributed by atoms with E-state index in [-0.39, 0.29) is 18.0 Å². The van der Waals surface area contributed by atoms with E-state index < -0.39 is 12.2 Å². The maximum Gasteiger partial charge on any atom is 0.407 e. The molecule has 0 fully saturated rings. The van der Waals surface area contributed by atoms with Crippen molar-refractivity contribution in [3.8, 4) is 0 Å². The zero-order valence-electron chi connectivity index (χ0n) is 11.9. The van der Waals surface area contributed by atoms with Crippen molar-refractivity contribution in [3.05, 3.63) is 48.0 Å². The van der Waals surface area contributed by atoms with Crippen LogP contribution in [0, 0.1) is 0 Å². The van der Waals surface area contributed by atoms with Crippen LogP contribution in [-0.2, 0) is 6.54 Å². The Bertz CT molecular complexity index is 808. The Morgan fingerprint density at radius 3 is 2.32 bits per heavy atom. The molecule has 0 saturated heterocycles. The number of aryl methyl sites for hydroxylation is 1. The van der Waals surface area contributed by atoms with Crippen molar-refractivity contribution < 1.29 is 13.2 Å². The van der Waals surface area contributed by atoms with E-state index in [0.29, 0.717) is 0 Å². The molecule has 118 valence electrons. The van der Waals surface area contributed by atoms with Crippen LogP contribution in [0.4, 0.5) is 13.2 Å². The van der Waals surface area contributed by atoms with Gasteiger partial charge in [0.15, 0.2) is 0 Å². The second kappa shape index (κ2) is 5.82. The Labute approximate surface area is 132 Å². The van der Waals surface area contributed by atoms with Gasteiger partial charge < -0.3 is 10.3 Å². The molecule has 0 aliphatic rings. The lowest BCUT2D eigenvalue weighted by atomic mass is 10.0. The molecule has 2 nitrogen and oxygen atoms in total. The Balaban J connectivity index is 0.00000176. The topological polar surface area (TPSA) is 30.9 Å². The number of halogens is 4. The smallest absolute Gasteiger partial charge is 0.341 e. The first-order valence-electron chi connectivity index (χ1n) is 6.76. The molecule has 0 saturated carbocycles. The van der Waals surface area contributed by atoms with Crippen molar-refractivity contribution >= 4 is 34.2 Å². The fraction of sp³-hybridized carbons (Fsp3) is 0.250. The molecule has 1 aromatic heterocycles. The highest BCUT2D eigenvalue weighted by molar-refractivity contribution is 6.08. The summed E-state index contributed by atoms with van der Waals surface area (Å²) >= 11 is 0. The molecule has 3 rings (SSSR count). The predicted octanol–water partition coefficient (Wildman–Crippen LogP) is 4.80. The first kappa shape index (κ1) is 16.6. The maximum absolute atomic E-state index is 12.8. The van der Waals surface area contributed by atoms with Crippen molar-refractivity contribution in [1.82, 2.24) is 4.57 Å². The molecule has 22 heavy (non-hydrogen) atoms. The molecule has 6 heteroatoms. The maximum atomic E-state index is 12.8. The van der Waals surface area contributed by atoms with Gasteiger partial charge in [-0.3, -0.25) is 0 Å². The monoisotopic (exact) mass is 328 g/mol. The highest BCUT2D eigenvalue weighted by atomic mass is 35.5. The van der Waals surface area contributed by atoms with Crippen LogP contribution in [-0.4, -0.2) is 10.7 Å². The molecule has 0 bridgehead atoms. The number of alkyl halides is 3. The summed E-state index contributed by atoms with van der Waals surface area (Å²) in [5.41, 5.74) is 7.35. The van der Waals surface area contributed by atoms with Crippen LogP contribution in [0.1, 0.15) is 18.5 Å². The van der Waals surface area contributed by atoms with Gasteiger partial charge in [-0.05, 0) is 30.7 Å². The van der Waals surface area contributed by atoms with Crippen LogP contribution in [0.15, 0.2) is 42.5 Å². The van der Waals surface area contributed by atoms with Gasteiger partial charge in [0.25, 0.3) is 0 Å². The van der Waals surface area contributed by atoms with Gasteiger partial charge in [-0.2, -0.15) is 13.2 Å². The fourth-order valence-electron chi connectivity index (χ4n) is 2.79. The average molecular weight is 329 g/mol. The van der Waals surface area contributed by atoms with Crippen LogP contribution in [0.5, 0.6) is 0 Å². The largest absolute Gasteiger partial charge is 0.407 e. The van der Waals surface area contributed by atoms with Gasteiger partial charge in [0.2, 0.25) is 0 Å². The van der Waals surface area contributed by atoms with Crippen LogP contribution >= 0.6 is 12.4 Å². The van der Waals surface area contributed by atoms with Crippen molar-refractivity contribution in [3.63, 3.8) is 0 Å². The van der Waals surface area contributed by atoms with Gasteiger partial charge in [0.05, 0.1) is 0 Å². The van der Waals surface area contributed by atoms with E-state index >= 15 is 0 Å². The molecule has 1 atom stereocenters. The predicted molar refractivity (Wildman–Crippen MR) is 85.3 cm³/mol. The molecule has 0 unspecified atom stereocenters. The van der Waals surface area contributed by atoms with Gasteiger partial charge in [-0.25, -0.2) is 0 Å².